The summed E-state index contributed by atoms with van der Waals surface area (Å²) in [4.78, 5) is 31.2. The predicted molar refractivity (Wildman–Crippen MR) is 113 cm³/mol. The average Bonchev–Trinajstić information content (AvgIpc) is 3.15. The fraction of sp³-hybridized carbons (Fsp3) is 0.100. The Labute approximate surface area is 175 Å². The number of anilines is 1. The monoisotopic (exact) mass is 427 g/mol. The van der Waals surface area contributed by atoms with Crippen molar-refractivity contribution in [2.45, 2.75) is 12.8 Å². The van der Waals surface area contributed by atoms with Gasteiger partial charge in [-0.1, -0.05) is 47.5 Å². The number of benzene rings is 2. The highest BCUT2D eigenvalue weighted by Gasteiger charge is 2.14. The molecule has 2 aromatic heterocycles. The van der Waals surface area contributed by atoms with Gasteiger partial charge in [-0.05, 0) is 30.2 Å². The van der Waals surface area contributed by atoms with E-state index < -0.39 is 0 Å². The van der Waals surface area contributed by atoms with Gasteiger partial charge >= 0.3 is 0 Å². The summed E-state index contributed by atoms with van der Waals surface area (Å²) in [7, 11) is 0. The average molecular weight is 428 g/mol. The molecule has 0 fully saturated rings. The zero-order valence-electron chi connectivity index (χ0n) is 15.0. The number of nitrogens with zero attached hydrogens (tertiary/aromatic N) is 3. The SMILES string of the molecule is O=C(CCc1cccc(Cl)c1Cl)Nc1ccccc1-n1ncc2c(=O)[nH]cnc21. The normalized spacial score (nSPS) is 11.0. The van der Waals surface area contributed by atoms with Crippen molar-refractivity contribution in [1.29, 1.82) is 0 Å². The lowest BCUT2D eigenvalue weighted by atomic mass is 10.1. The summed E-state index contributed by atoms with van der Waals surface area (Å²) in [5.74, 6) is -0.184. The van der Waals surface area contributed by atoms with Gasteiger partial charge in [-0.25, -0.2) is 9.67 Å². The molecule has 2 heterocycles. The largest absolute Gasteiger partial charge is 0.324 e. The molecule has 4 rings (SSSR count). The van der Waals surface area contributed by atoms with Crippen molar-refractivity contribution in [2.24, 2.45) is 0 Å². The topological polar surface area (TPSA) is 92.7 Å². The van der Waals surface area contributed by atoms with Crippen molar-refractivity contribution in [3.63, 3.8) is 0 Å². The van der Waals surface area contributed by atoms with Crippen molar-refractivity contribution in [1.82, 2.24) is 19.7 Å². The van der Waals surface area contributed by atoms with E-state index in [4.69, 9.17) is 23.2 Å². The number of hydrogen-bond donors (Lipinski definition) is 2. The molecule has 0 saturated heterocycles. The van der Waals surface area contributed by atoms with Gasteiger partial charge in [0.1, 0.15) is 5.39 Å². The van der Waals surface area contributed by atoms with E-state index in [2.05, 4.69) is 20.4 Å². The molecule has 2 aromatic carbocycles. The van der Waals surface area contributed by atoms with Gasteiger partial charge in [0.2, 0.25) is 5.91 Å². The molecule has 0 saturated carbocycles. The Balaban J connectivity index is 1.57. The number of H-pyrrole nitrogens is 1. The first-order valence-electron chi connectivity index (χ1n) is 8.78. The van der Waals surface area contributed by atoms with E-state index >= 15 is 0 Å². The molecule has 0 aliphatic rings. The Morgan fingerprint density at radius 2 is 1.97 bits per heavy atom. The molecular formula is C20H15Cl2N5O2. The van der Waals surface area contributed by atoms with Gasteiger partial charge in [0.15, 0.2) is 5.65 Å². The van der Waals surface area contributed by atoms with E-state index in [-0.39, 0.29) is 17.9 Å². The third kappa shape index (κ3) is 3.87. The minimum absolute atomic E-state index is 0.184. The summed E-state index contributed by atoms with van der Waals surface area (Å²) in [5, 5.41) is 8.44. The number of nitrogens with one attached hydrogen (secondary N) is 2. The Bertz CT molecular complexity index is 1270. The maximum atomic E-state index is 12.5. The minimum atomic E-state index is -0.277. The lowest BCUT2D eigenvalue weighted by Gasteiger charge is -2.12. The molecule has 0 radical (unpaired) electrons. The molecule has 4 aromatic rings. The molecule has 1 amide bonds. The Morgan fingerprint density at radius 3 is 2.83 bits per heavy atom. The van der Waals surface area contributed by atoms with Gasteiger partial charge in [-0.15, -0.1) is 0 Å². The second-order valence-corrected chi connectivity index (χ2v) is 7.09. The van der Waals surface area contributed by atoms with E-state index in [0.29, 0.717) is 38.9 Å². The lowest BCUT2D eigenvalue weighted by Crippen LogP contribution is -2.15. The highest BCUT2D eigenvalue weighted by molar-refractivity contribution is 6.42. The van der Waals surface area contributed by atoms with Crippen LogP contribution in [0.4, 0.5) is 5.69 Å². The summed E-state index contributed by atoms with van der Waals surface area (Å²) in [6.45, 7) is 0. The number of aryl methyl sites for hydroxylation is 1. The first-order chi connectivity index (χ1) is 14.0. The highest BCUT2D eigenvalue weighted by Crippen LogP contribution is 2.27. The summed E-state index contributed by atoms with van der Waals surface area (Å²) in [5.41, 5.74) is 2.10. The number of amides is 1. The summed E-state index contributed by atoms with van der Waals surface area (Å²) in [6, 6.07) is 12.5. The number of fused-ring (bicyclic) bond motifs is 1. The van der Waals surface area contributed by atoms with Crippen LogP contribution in [-0.4, -0.2) is 25.7 Å². The zero-order chi connectivity index (χ0) is 20.4. The van der Waals surface area contributed by atoms with E-state index in [0.717, 1.165) is 5.56 Å². The van der Waals surface area contributed by atoms with Gasteiger partial charge in [-0.2, -0.15) is 5.10 Å². The third-order valence-electron chi connectivity index (χ3n) is 4.43. The molecule has 9 heteroatoms. The fourth-order valence-corrected chi connectivity index (χ4v) is 3.41. The number of aromatic amines is 1. The van der Waals surface area contributed by atoms with E-state index in [9.17, 15) is 9.59 Å². The van der Waals surface area contributed by atoms with Crippen LogP contribution in [-0.2, 0) is 11.2 Å². The zero-order valence-corrected chi connectivity index (χ0v) is 16.5. The predicted octanol–water partition coefficient (Wildman–Crippen LogP) is 3.99. The van der Waals surface area contributed by atoms with Gasteiger partial charge in [0, 0.05) is 6.42 Å². The second-order valence-electron chi connectivity index (χ2n) is 6.30. The first-order valence-corrected chi connectivity index (χ1v) is 9.54. The van der Waals surface area contributed by atoms with Gasteiger partial charge in [0.05, 0.1) is 33.9 Å². The number of carbonyl (C=O) groups excluding carboxylic acids is 1. The van der Waals surface area contributed by atoms with Crippen molar-refractivity contribution < 1.29 is 4.79 Å². The highest BCUT2D eigenvalue weighted by atomic mass is 35.5. The standard InChI is InChI=1S/C20H15Cl2N5O2/c21-14-5-3-4-12(18(14)22)8-9-17(28)26-15-6-1-2-7-16(15)27-19-13(10-25-27)20(29)24-11-23-19/h1-7,10-11H,8-9H2,(H,26,28)(H,23,24,29). The molecule has 0 aliphatic carbocycles. The quantitative estimate of drug-likeness (QED) is 0.503. The van der Waals surface area contributed by atoms with Gasteiger partial charge in [-0.3, -0.25) is 9.59 Å². The first kappa shape index (κ1) is 19.2. The minimum Gasteiger partial charge on any atom is -0.324 e. The second kappa shape index (κ2) is 8.06. The Kier molecular flexibility index (Phi) is 5.33. The van der Waals surface area contributed by atoms with Crippen LogP contribution < -0.4 is 10.9 Å². The van der Waals surface area contributed by atoms with Crippen molar-refractivity contribution in [3.05, 3.63) is 81.0 Å². The molecule has 7 nitrogen and oxygen atoms in total. The fourth-order valence-electron chi connectivity index (χ4n) is 3.00. The molecule has 29 heavy (non-hydrogen) atoms. The maximum Gasteiger partial charge on any atom is 0.261 e. The van der Waals surface area contributed by atoms with Crippen molar-refractivity contribution in [3.8, 4) is 5.69 Å². The molecule has 0 bridgehead atoms. The summed E-state index contributed by atoms with van der Waals surface area (Å²) < 4.78 is 1.52. The third-order valence-corrected chi connectivity index (χ3v) is 5.29. The van der Waals surface area contributed by atoms with Crippen LogP contribution in [0.15, 0.2) is 59.8 Å². The number of hydrogen-bond acceptors (Lipinski definition) is 4. The van der Waals surface area contributed by atoms with Crippen molar-refractivity contribution >= 4 is 45.8 Å². The van der Waals surface area contributed by atoms with E-state index in [1.165, 1.54) is 17.2 Å². The van der Waals surface area contributed by atoms with Crippen LogP contribution in [0.25, 0.3) is 16.7 Å². The van der Waals surface area contributed by atoms with E-state index in [1.54, 1.807) is 30.3 Å². The van der Waals surface area contributed by atoms with Crippen LogP contribution in [0.5, 0.6) is 0 Å². The summed E-state index contributed by atoms with van der Waals surface area (Å²) >= 11 is 12.2. The number of rotatable bonds is 5. The van der Waals surface area contributed by atoms with Gasteiger partial charge in [0.25, 0.3) is 5.56 Å². The van der Waals surface area contributed by atoms with Crippen LogP contribution in [0.3, 0.4) is 0 Å². The van der Waals surface area contributed by atoms with E-state index in [1.807, 2.05) is 12.1 Å². The van der Waals surface area contributed by atoms with Crippen LogP contribution in [0.2, 0.25) is 10.0 Å². The molecule has 0 atom stereocenters. The lowest BCUT2D eigenvalue weighted by molar-refractivity contribution is -0.116. The molecule has 2 N–H and O–H groups in total. The number of para-hydroxylation sites is 2. The van der Waals surface area contributed by atoms with Crippen LogP contribution in [0, 0.1) is 0 Å². The molecular weight excluding hydrogens is 413 g/mol. The molecule has 146 valence electrons. The van der Waals surface area contributed by atoms with Crippen LogP contribution in [0.1, 0.15) is 12.0 Å². The summed E-state index contributed by atoms with van der Waals surface area (Å²) in [6.07, 6.45) is 3.45. The maximum absolute atomic E-state index is 12.5. The molecule has 0 spiro atoms. The smallest absolute Gasteiger partial charge is 0.261 e. The molecule has 0 unspecified atom stereocenters. The van der Waals surface area contributed by atoms with Crippen molar-refractivity contribution in [2.75, 3.05) is 5.32 Å². The van der Waals surface area contributed by atoms with Gasteiger partial charge < -0.3 is 10.3 Å². The van der Waals surface area contributed by atoms with Crippen LogP contribution >= 0.6 is 23.2 Å². The number of halogens is 2. The molecule has 0 aliphatic heterocycles. The Hall–Kier alpha value is -3.16. The number of carbonyl (C=O) groups is 1. The Morgan fingerprint density at radius 1 is 1.14 bits per heavy atom. The number of aromatic nitrogens is 4.